The Morgan fingerprint density at radius 2 is 1.65 bits per heavy atom. The van der Waals surface area contributed by atoms with Gasteiger partial charge in [0.25, 0.3) is 0 Å². The average molecular weight is 426 g/mol. The largest absolute Gasteiger partial charge is 0.491 e. The fourth-order valence-corrected chi connectivity index (χ4v) is 3.16. The minimum atomic E-state index is -0.787. The van der Waals surface area contributed by atoms with Crippen LogP contribution in [0.2, 0.25) is 0 Å². The molecule has 0 fully saturated rings. The van der Waals surface area contributed by atoms with Crippen LogP contribution in [0.15, 0.2) is 42.5 Å². The predicted octanol–water partition coefficient (Wildman–Crippen LogP) is 6.94. The van der Waals surface area contributed by atoms with Gasteiger partial charge < -0.3 is 9.47 Å². The number of carbonyl (C=O) groups excluding carboxylic acids is 1. The monoisotopic (exact) mass is 425 g/mol. The Kier molecular flexibility index (Phi) is 10.0. The van der Waals surface area contributed by atoms with Crippen LogP contribution in [0.4, 0.5) is 4.39 Å². The molecule has 5 heteroatoms. The first-order chi connectivity index (χ1) is 15.0. The van der Waals surface area contributed by atoms with Gasteiger partial charge in [-0.05, 0) is 41.8 Å². The van der Waals surface area contributed by atoms with Crippen molar-refractivity contribution in [3.05, 3.63) is 53.8 Å². The molecule has 0 aliphatic heterocycles. The molecule has 0 saturated carbocycles. The molecule has 2 aromatic rings. The Morgan fingerprint density at radius 1 is 1.00 bits per heavy atom. The van der Waals surface area contributed by atoms with Gasteiger partial charge in [-0.15, -0.1) is 0 Å². The van der Waals surface area contributed by atoms with Crippen LogP contribution in [0, 0.1) is 23.1 Å². The highest BCUT2D eigenvalue weighted by Gasteiger charge is 2.18. The van der Waals surface area contributed by atoms with Crippen molar-refractivity contribution in [1.29, 1.82) is 5.26 Å². The number of nitriles is 1. The highest BCUT2D eigenvalue weighted by Crippen LogP contribution is 2.26. The molecule has 2 aromatic carbocycles. The number of rotatable bonds is 12. The Labute approximate surface area is 185 Å². The molecular weight excluding hydrogens is 393 g/mol. The van der Waals surface area contributed by atoms with E-state index in [0.29, 0.717) is 17.7 Å². The summed E-state index contributed by atoms with van der Waals surface area (Å²) in [6, 6.07) is 13.6. The normalized spacial score (nSPS) is 11.7. The molecular formula is C26H32FNO3. The maximum Gasteiger partial charge on any atom is 0.339 e. The number of carbonyl (C=O) groups is 1. The van der Waals surface area contributed by atoms with Crippen molar-refractivity contribution in [1.82, 2.24) is 0 Å². The van der Waals surface area contributed by atoms with Gasteiger partial charge in [0, 0.05) is 5.92 Å². The van der Waals surface area contributed by atoms with Crippen LogP contribution in [0.25, 0.3) is 11.1 Å². The lowest BCUT2D eigenvalue weighted by Gasteiger charge is -2.14. The van der Waals surface area contributed by atoms with Crippen molar-refractivity contribution in [2.75, 3.05) is 6.61 Å². The highest BCUT2D eigenvalue weighted by molar-refractivity contribution is 5.90. The molecule has 0 aliphatic carbocycles. The molecule has 31 heavy (non-hydrogen) atoms. The van der Waals surface area contributed by atoms with Crippen LogP contribution in [-0.4, -0.2) is 18.7 Å². The standard InChI is InChI=1S/C26H32FNO3/c1-4-5-6-7-8-9-16-30-24-15-14-22(17-23(24)27)20-10-12-21(13-11-20)26(29)31-25(18-28)19(2)3/h10-15,17,19,25H,4-9,16H2,1-3H3/t25-/m1/s1. The lowest BCUT2D eigenvalue weighted by atomic mass is 10.0. The van der Waals surface area contributed by atoms with Crippen molar-refractivity contribution in [2.45, 2.75) is 65.4 Å². The Morgan fingerprint density at radius 3 is 2.26 bits per heavy atom. The zero-order chi connectivity index (χ0) is 22.6. The molecule has 0 radical (unpaired) electrons. The number of nitrogens with zero attached hydrogens (tertiary/aromatic N) is 1. The van der Waals surface area contributed by atoms with E-state index < -0.39 is 17.9 Å². The van der Waals surface area contributed by atoms with Gasteiger partial charge >= 0.3 is 5.97 Å². The second-order valence-corrected chi connectivity index (χ2v) is 8.04. The summed E-state index contributed by atoms with van der Waals surface area (Å²) < 4.78 is 25.3. The molecule has 0 spiro atoms. The van der Waals surface area contributed by atoms with Crippen LogP contribution >= 0.6 is 0 Å². The molecule has 166 valence electrons. The quantitative estimate of drug-likeness (QED) is 0.273. The van der Waals surface area contributed by atoms with Crippen molar-refractivity contribution in [2.24, 2.45) is 5.92 Å². The van der Waals surface area contributed by atoms with Gasteiger partial charge in [0.2, 0.25) is 0 Å². The summed E-state index contributed by atoms with van der Waals surface area (Å²) in [6.07, 6.45) is 6.15. The number of esters is 1. The van der Waals surface area contributed by atoms with Gasteiger partial charge in [0.1, 0.15) is 6.07 Å². The first kappa shape index (κ1) is 24.4. The summed E-state index contributed by atoms with van der Waals surface area (Å²) >= 11 is 0. The summed E-state index contributed by atoms with van der Waals surface area (Å²) in [5.41, 5.74) is 1.82. The lowest BCUT2D eigenvalue weighted by molar-refractivity contribution is 0.0325. The molecule has 0 aliphatic rings. The minimum Gasteiger partial charge on any atom is -0.491 e. The number of unbranched alkanes of at least 4 members (excludes halogenated alkanes) is 5. The Hall–Kier alpha value is -2.87. The molecule has 4 nitrogen and oxygen atoms in total. The van der Waals surface area contributed by atoms with Crippen molar-refractivity contribution >= 4 is 5.97 Å². The summed E-state index contributed by atoms with van der Waals surface area (Å²) in [6.45, 7) is 6.34. The van der Waals surface area contributed by atoms with E-state index in [9.17, 15) is 9.18 Å². The Bertz CT molecular complexity index is 871. The summed E-state index contributed by atoms with van der Waals surface area (Å²) in [4.78, 5) is 12.2. The molecule has 0 amide bonds. The maximum absolute atomic E-state index is 14.4. The van der Waals surface area contributed by atoms with Gasteiger partial charge in [0.05, 0.1) is 12.2 Å². The van der Waals surface area contributed by atoms with E-state index in [1.165, 1.54) is 31.7 Å². The molecule has 2 rings (SSSR count). The number of hydrogen-bond donors (Lipinski definition) is 0. The average Bonchev–Trinajstić information content (AvgIpc) is 2.77. The number of ether oxygens (including phenoxy) is 2. The molecule has 0 aromatic heterocycles. The number of benzene rings is 2. The van der Waals surface area contributed by atoms with E-state index in [0.717, 1.165) is 18.4 Å². The summed E-state index contributed by atoms with van der Waals surface area (Å²) in [5, 5.41) is 9.07. The summed E-state index contributed by atoms with van der Waals surface area (Å²) in [5.74, 6) is -0.774. The van der Waals surface area contributed by atoms with Crippen LogP contribution in [0.5, 0.6) is 5.75 Å². The SMILES string of the molecule is CCCCCCCCOc1ccc(-c2ccc(C(=O)O[C@H](C#N)C(C)C)cc2)cc1F. The fraction of sp³-hybridized carbons (Fsp3) is 0.462. The molecule has 0 unspecified atom stereocenters. The van der Waals surface area contributed by atoms with Crippen LogP contribution in [0.3, 0.4) is 0 Å². The van der Waals surface area contributed by atoms with Gasteiger partial charge in [-0.3, -0.25) is 0 Å². The molecule has 0 N–H and O–H groups in total. The topological polar surface area (TPSA) is 59.3 Å². The zero-order valence-corrected chi connectivity index (χ0v) is 18.7. The lowest BCUT2D eigenvalue weighted by Crippen LogP contribution is -2.21. The van der Waals surface area contributed by atoms with Crippen LogP contribution < -0.4 is 4.74 Å². The third-order valence-corrected chi connectivity index (χ3v) is 5.11. The number of halogens is 1. The fourth-order valence-electron chi connectivity index (χ4n) is 3.16. The van der Waals surface area contributed by atoms with Gasteiger partial charge in [-0.1, -0.05) is 71.1 Å². The molecule has 0 bridgehead atoms. The highest BCUT2D eigenvalue weighted by atomic mass is 19.1. The molecule has 0 saturated heterocycles. The molecule has 0 heterocycles. The molecule has 1 atom stereocenters. The third-order valence-electron chi connectivity index (χ3n) is 5.11. The van der Waals surface area contributed by atoms with E-state index in [-0.39, 0.29) is 11.7 Å². The van der Waals surface area contributed by atoms with Gasteiger partial charge in [-0.2, -0.15) is 5.26 Å². The minimum absolute atomic E-state index is 0.0852. The van der Waals surface area contributed by atoms with Gasteiger partial charge in [0.15, 0.2) is 17.7 Å². The first-order valence-electron chi connectivity index (χ1n) is 11.1. The van der Waals surface area contributed by atoms with E-state index in [1.54, 1.807) is 36.4 Å². The van der Waals surface area contributed by atoms with E-state index in [1.807, 2.05) is 19.9 Å². The smallest absolute Gasteiger partial charge is 0.339 e. The Balaban J connectivity index is 1.92. The van der Waals surface area contributed by atoms with Crippen LogP contribution in [0.1, 0.15) is 69.7 Å². The summed E-state index contributed by atoms with van der Waals surface area (Å²) in [7, 11) is 0. The van der Waals surface area contributed by atoms with Gasteiger partial charge in [-0.25, -0.2) is 9.18 Å². The van der Waals surface area contributed by atoms with Crippen molar-refractivity contribution < 1.29 is 18.7 Å². The second kappa shape index (κ2) is 12.7. The third kappa shape index (κ3) is 7.71. The first-order valence-corrected chi connectivity index (χ1v) is 11.1. The van der Waals surface area contributed by atoms with E-state index in [4.69, 9.17) is 14.7 Å². The predicted molar refractivity (Wildman–Crippen MR) is 120 cm³/mol. The second-order valence-electron chi connectivity index (χ2n) is 8.04. The van der Waals surface area contributed by atoms with Crippen molar-refractivity contribution in [3.8, 4) is 22.9 Å². The maximum atomic E-state index is 14.4. The number of hydrogen-bond acceptors (Lipinski definition) is 4. The van der Waals surface area contributed by atoms with E-state index >= 15 is 0 Å². The van der Waals surface area contributed by atoms with Crippen LogP contribution in [-0.2, 0) is 4.74 Å². The van der Waals surface area contributed by atoms with E-state index in [2.05, 4.69) is 6.92 Å². The van der Waals surface area contributed by atoms with Crippen molar-refractivity contribution in [3.63, 3.8) is 0 Å². The zero-order valence-electron chi connectivity index (χ0n) is 18.7.